The molecule has 0 aliphatic carbocycles. The second-order valence-corrected chi connectivity index (χ2v) is 4.63. The van der Waals surface area contributed by atoms with E-state index in [0.29, 0.717) is 21.8 Å². The third kappa shape index (κ3) is 3.27. The first-order valence-electron chi connectivity index (χ1n) is 5.38. The number of benzene rings is 1. The van der Waals surface area contributed by atoms with E-state index < -0.39 is 0 Å². The van der Waals surface area contributed by atoms with Gasteiger partial charge in [-0.05, 0) is 30.3 Å². The fraction of sp³-hybridized carbons (Fsp3) is 0. The van der Waals surface area contributed by atoms with Crippen molar-refractivity contribution in [2.45, 2.75) is 0 Å². The largest absolute Gasteiger partial charge is 0.389 e. The zero-order chi connectivity index (χ0) is 13.8. The normalized spacial score (nSPS) is 9.95. The van der Waals surface area contributed by atoms with Gasteiger partial charge in [-0.15, -0.1) is 0 Å². The van der Waals surface area contributed by atoms with E-state index in [1.807, 2.05) is 0 Å². The minimum absolute atomic E-state index is 0.193. The number of rotatable bonds is 3. The molecular formula is C13H10ClN3OS. The standard InChI is InChI=1S/C13H10ClN3OS/c14-9-3-4-10(12(15)19)11(6-9)17-13(18)8-2-1-5-16-7-8/h1-7H,(H2,15,19)(H,17,18). The molecule has 0 saturated heterocycles. The summed E-state index contributed by atoms with van der Waals surface area (Å²) in [5, 5.41) is 3.21. The van der Waals surface area contributed by atoms with Crippen LogP contribution in [0.1, 0.15) is 15.9 Å². The minimum atomic E-state index is -0.298. The summed E-state index contributed by atoms with van der Waals surface area (Å²) in [6, 6.07) is 8.28. The van der Waals surface area contributed by atoms with Gasteiger partial charge in [0.05, 0.1) is 11.3 Å². The second kappa shape index (κ2) is 5.77. The lowest BCUT2D eigenvalue weighted by Crippen LogP contribution is -2.17. The van der Waals surface area contributed by atoms with Gasteiger partial charge in [-0.2, -0.15) is 0 Å². The highest BCUT2D eigenvalue weighted by Gasteiger charge is 2.11. The summed E-state index contributed by atoms with van der Waals surface area (Å²) >= 11 is 10.8. The highest BCUT2D eigenvalue weighted by molar-refractivity contribution is 7.80. The Labute approximate surface area is 120 Å². The molecule has 2 aromatic rings. The number of aromatic nitrogens is 1. The molecule has 96 valence electrons. The zero-order valence-electron chi connectivity index (χ0n) is 9.76. The molecular weight excluding hydrogens is 282 g/mol. The molecule has 0 atom stereocenters. The lowest BCUT2D eigenvalue weighted by atomic mass is 10.1. The van der Waals surface area contributed by atoms with Gasteiger partial charge in [-0.1, -0.05) is 23.8 Å². The second-order valence-electron chi connectivity index (χ2n) is 3.75. The Bertz CT molecular complexity index is 631. The van der Waals surface area contributed by atoms with Crippen LogP contribution in [0.25, 0.3) is 0 Å². The smallest absolute Gasteiger partial charge is 0.257 e. The number of halogens is 1. The molecule has 0 fully saturated rings. The predicted octanol–water partition coefficient (Wildman–Crippen LogP) is 2.62. The van der Waals surface area contributed by atoms with Gasteiger partial charge < -0.3 is 11.1 Å². The first kappa shape index (κ1) is 13.5. The van der Waals surface area contributed by atoms with Crippen molar-refractivity contribution in [3.05, 3.63) is 58.9 Å². The van der Waals surface area contributed by atoms with Gasteiger partial charge in [0.1, 0.15) is 4.99 Å². The summed E-state index contributed by atoms with van der Waals surface area (Å²) in [6.07, 6.45) is 3.07. The molecule has 0 aliphatic rings. The first-order valence-corrected chi connectivity index (χ1v) is 6.17. The number of nitrogens with zero attached hydrogens (tertiary/aromatic N) is 1. The zero-order valence-corrected chi connectivity index (χ0v) is 11.3. The van der Waals surface area contributed by atoms with Gasteiger partial charge in [0.25, 0.3) is 5.91 Å². The van der Waals surface area contributed by atoms with E-state index >= 15 is 0 Å². The van der Waals surface area contributed by atoms with Crippen molar-refractivity contribution in [3.8, 4) is 0 Å². The highest BCUT2D eigenvalue weighted by Crippen LogP contribution is 2.21. The summed E-state index contributed by atoms with van der Waals surface area (Å²) in [7, 11) is 0. The maximum Gasteiger partial charge on any atom is 0.257 e. The van der Waals surface area contributed by atoms with Gasteiger partial charge in [-0.3, -0.25) is 9.78 Å². The van der Waals surface area contributed by atoms with Crippen molar-refractivity contribution in [2.24, 2.45) is 5.73 Å². The molecule has 0 saturated carbocycles. The third-order valence-corrected chi connectivity index (χ3v) is 2.87. The van der Waals surface area contributed by atoms with E-state index in [1.54, 1.807) is 36.5 Å². The average molecular weight is 292 g/mol. The van der Waals surface area contributed by atoms with Crippen molar-refractivity contribution in [3.63, 3.8) is 0 Å². The van der Waals surface area contributed by atoms with Gasteiger partial charge in [0.15, 0.2) is 0 Å². The number of hydrogen-bond acceptors (Lipinski definition) is 3. The molecule has 1 amide bonds. The number of pyridine rings is 1. The summed E-state index contributed by atoms with van der Waals surface area (Å²) in [6.45, 7) is 0. The van der Waals surface area contributed by atoms with Crippen LogP contribution in [0.4, 0.5) is 5.69 Å². The lowest BCUT2D eigenvalue weighted by molar-refractivity contribution is 0.102. The SMILES string of the molecule is NC(=S)c1ccc(Cl)cc1NC(=O)c1cccnc1. The van der Waals surface area contributed by atoms with E-state index in [4.69, 9.17) is 29.6 Å². The molecule has 1 heterocycles. The van der Waals surface area contributed by atoms with Crippen LogP contribution in [0.5, 0.6) is 0 Å². The quantitative estimate of drug-likeness (QED) is 0.853. The van der Waals surface area contributed by atoms with Gasteiger partial charge in [0, 0.05) is 23.0 Å². The van der Waals surface area contributed by atoms with Crippen LogP contribution in [0, 0.1) is 0 Å². The van der Waals surface area contributed by atoms with Crippen molar-refractivity contribution >= 4 is 40.4 Å². The molecule has 0 spiro atoms. The fourth-order valence-electron chi connectivity index (χ4n) is 1.53. The molecule has 3 N–H and O–H groups in total. The molecule has 2 rings (SSSR count). The topological polar surface area (TPSA) is 68.0 Å². The summed E-state index contributed by atoms with van der Waals surface area (Å²) in [5.41, 5.74) is 7.09. The van der Waals surface area contributed by atoms with Gasteiger partial charge in [-0.25, -0.2) is 0 Å². The van der Waals surface area contributed by atoms with E-state index in [0.717, 1.165) is 0 Å². The Morgan fingerprint density at radius 1 is 1.37 bits per heavy atom. The van der Waals surface area contributed by atoms with Crippen LogP contribution in [0.2, 0.25) is 5.02 Å². The lowest BCUT2D eigenvalue weighted by Gasteiger charge is -2.10. The van der Waals surface area contributed by atoms with Crippen molar-refractivity contribution in [1.82, 2.24) is 4.98 Å². The number of nitrogens with one attached hydrogen (secondary N) is 1. The van der Waals surface area contributed by atoms with Gasteiger partial charge in [0.2, 0.25) is 0 Å². The Morgan fingerprint density at radius 3 is 2.79 bits per heavy atom. The Morgan fingerprint density at radius 2 is 2.16 bits per heavy atom. The predicted molar refractivity (Wildman–Crippen MR) is 79.5 cm³/mol. The molecule has 0 aliphatic heterocycles. The average Bonchev–Trinajstić information content (AvgIpc) is 2.39. The van der Waals surface area contributed by atoms with Crippen LogP contribution >= 0.6 is 23.8 Å². The van der Waals surface area contributed by atoms with Crippen molar-refractivity contribution in [1.29, 1.82) is 0 Å². The number of anilines is 1. The van der Waals surface area contributed by atoms with E-state index in [1.165, 1.54) is 6.20 Å². The molecule has 6 heteroatoms. The van der Waals surface area contributed by atoms with E-state index in [9.17, 15) is 4.79 Å². The number of nitrogens with two attached hydrogens (primary N) is 1. The number of carbonyl (C=O) groups excluding carboxylic acids is 1. The van der Waals surface area contributed by atoms with Crippen molar-refractivity contribution < 1.29 is 4.79 Å². The molecule has 1 aromatic heterocycles. The monoisotopic (exact) mass is 291 g/mol. The van der Waals surface area contributed by atoms with E-state index in [2.05, 4.69) is 10.3 Å². The summed E-state index contributed by atoms with van der Waals surface area (Å²) in [4.78, 5) is 16.1. The number of hydrogen-bond donors (Lipinski definition) is 2. The van der Waals surface area contributed by atoms with Gasteiger partial charge >= 0.3 is 0 Å². The van der Waals surface area contributed by atoms with Crippen LogP contribution < -0.4 is 11.1 Å². The molecule has 0 bridgehead atoms. The maximum atomic E-state index is 12.0. The minimum Gasteiger partial charge on any atom is -0.389 e. The third-order valence-electron chi connectivity index (χ3n) is 2.42. The number of amides is 1. The van der Waals surface area contributed by atoms with Crippen LogP contribution in [0.15, 0.2) is 42.7 Å². The van der Waals surface area contributed by atoms with Crippen LogP contribution in [-0.4, -0.2) is 15.9 Å². The van der Waals surface area contributed by atoms with Crippen molar-refractivity contribution in [2.75, 3.05) is 5.32 Å². The summed E-state index contributed by atoms with van der Waals surface area (Å²) < 4.78 is 0. The molecule has 4 nitrogen and oxygen atoms in total. The van der Waals surface area contributed by atoms with Crippen LogP contribution in [0.3, 0.4) is 0 Å². The summed E-state index contributed by atoms with van der Waals surface area (Å²) in [5.74, 6) is -0.298. The molecule has 0 radical (unpaired) electrons. The molecule has 0 unspecified atom stereocenters. The Balaban J connectivity index is 2.31. The van der Waals surface area contributed by atoms with E-state index in [-0.39, 0.29) is 10.9 Å². The Kier molecular flexibility index (Phi) is 4.09. The maximum absolute atomic E-state index is 12.0. The first-order chi connectivity index (χ1) is 9.08. The number of carbonyl (C=O) groups is 1. The number of thiocarbonyl (C=S) groups is 1. The Hall–Kier alpha value is -1.98. The molecule has 19 heavy (non-hydrogen) atoms. The molecule has 1 aromatic carbocycles. The fourth-order valence-corrected chi connectivity index (χ4v) is 1.88. The highest BCUT2D eigenvalue weighted by atomic mass is 35.5. The van der Waals surface area contributed by atoms with Crippen LogP contribution in [-0.2, 0) is 0 Å².